The molecule has 0 aliphatic heterocycles. The van der Waals surface area contributed by atoms with Gasteiger partial charge in [-0.25, -0.2) is 0 Å². The van der Waals surface area contributed by atoms with Crippen LogP contribution in [0.2, 0.25) is 0 Å². The van der Waals surface area contributed by atoms with E-state index >= 15 is 0 Å². The van der Waals surface area contributed by atoms with Crippen molar-refractivity contribution < 1.29 is 0 Å². The zero-order valence-corrected chi connectivity index (χ0v) is 5.65. The van der Waals surface area contributed by atoms with Gasteiger partial charge in [0, 0.05) is 6.20 Å². The molecule has 0 unspecified atom stereocenters. The van der Waals surface area contributed by atoms with Crippen LogP contribution in [0.15, 0.2) is 12.3 Å². The van der Waals surface area contributed by atoms with E-state index in [-0.39, 0.29) is 0 Å². The molecule has 0 aliphatic carbocycles. The van der Waals surface area contributed by atoms with Gasteiger partial charge in [-0.2, -0.15) is 0 Å². The quantitative estimate of drug-likeness (QED) is 0.500. The molecule has 1 aromatic heterocycles. The third kappa shape index (κ3) is 1.14. The highest BCUT2D eigenvalue weighted by Gasteiger charge is 1.90. The normalized spacial score (nSPS) is 8.22. The zero-order valence-electron chi connectivity index (χ0n) is 5.65. The number of aromatic nitrogens is 1. The molecule has 0 bridgehead atoms. The number of H-pyrrole nitrogens is 1. The molecule has 46 valence electrons. The van der Waals surface area contributed by atoms with Crippen molar-refractivity contribution in [3.05, 3.63) is 23.5 Å². The maximum absolute atomic E-state index is 3.03. The van der Waals surface area contributed by atoms with E-state index in [2.05, 4.69) is 16.8 Å². The minimum atomic E-state index is 1.03. The fourth-order valence-electron chi connectivity index (χ4n) is 0.707. The van der Waals surface area contributed by atoms with Crippen LogP contribution in [0.1, 0.15) is 18.2 Å². The molecule has 9 heavy (non-hydrogen) atoms. The number of aryl methyl sites for hydroxylation is 1. The Hall–Kier alpha value is -1.16. The second kappa shape index (κ2) is 2.41. The summed E-state index contributed by atoms with van der Waals surface area (Å²) in [6, 6.07) is 2.01. The third-order valence-corrected chi connectivity index (χ3v) is 1.21. The Morgan fingerprint density at radius 3 is 2.78 bits per heavy atom. The average molecular weight is 119 g/mol. The van der Waals surface area contributed by atoms with Crippen molar-refractivity contribution in [2.75, 3.05) is 0 Å². The summed E-state index contributed by atoms with van der Waals surface area (Å²) in [6.45, 7) is 3.87. The summed E-state index contributed by atoms with van der Waals surface area (Å²) in [7, 11) is 0. The van der Waals surface area contributed by atoms with Crippen molar-refractivity contribution in [3.8, 4) is 11.8 Å². The Labute approximate surface area is 55.1 Å². The summed E-state index contributed by atoms with van der Waals surface area (Å²) in [5.41, 5.74) is 2.24. The monoisotopic (exact) mass is 119 g/mol. The van der Waals surface area contributed by atoms with Crippen molar-refractivity contribution >= 4 is 0 Å². The van der Waals surface area contributed by atoms with Gasteiger partial charge in [-0.3, -0.25) is 0 Å². The molecule has 0 saturated carbocycles. The third-order valence-electron chi connectivity index (χ3n) is 1.21. The molecule has 1 aromatic rings. The van der Waals surface area contributed by atoms with Crippen LogP contribution in [0, 0.1) is 18.8 Å². The Balaban J connectivity index is 3.03. The van der Waals surface area contributed by atoms with Crippen molar-refractivity contribution in [3.63, 3.8) is 0 Å². The Bertz CT molecular complexity index is 247. The number of hydrogen-bond donors (Lipinski definition) is 1. The van der Waals surface area contributed by atoms with Gasteiger partial charge in [-0.05, 0) is 31.4 Å². The molecule has 1 nitrogen and oxygen atoms in total. The first-order chi connectivity index (χ1) is 4.34. The lowest BCUT2D eigenvalue weighted by molar-refractivity contribution is 1.33. The van der Waals surface area contributed by atoms with Gasteiger partial charge in [0.1, 0.15) is 0 Å². The van der Waals surface area contributed by atoms with Crippen LogP contribution in [0.25, 0.3) is 0 Å². The predicted octanol–water partition coefficient (Wildman–Crippen LogP) is 1.69. The molecule has 1 heteroatoms. The van der Waals surface area contributed by atoms with E-state index in [1.165, 1.54) is 5.56 Å². The maximum atomic E-state index is 3.03. The minimum Gasteiger partial charge on any atom is -0.355 e. The van der Waals surface area contributed by atoms with Gasteiger partial charge in [0.15, 0.2) is 0 Å². The summed E-state index contributed by atoms with van der Waals surface area (Å²) in [4.78, 5) is 3.03. The highest BCUT2D eigenvalue weighted by molar-refractivity contribution is 5.34. The van der Waals surface area contributed by atoms with Crippen LogP contribution < -0.4 is 0 Å². The number of rotatable bonds is 0. The smallest absolute Gasteiger partial charge is 0.0922 e. The fourth-order valence-corrected chi connectivity index (χ4v) is 0.707. The van der Waals surface area contributed by atoms with Crippen LogP contribution in [-0.2, 0) is 0 Å². The van der Waals surface area contributed by atoms with E-state index in [0.29, 0.717) is 0 Å². The van der Waals surface area contributed by atoms with Crippen LogP contribution >= 0.6 is 0 Å². The van der Waals surface area contributed by atoms with Gasteiger partial charge < -0.3 is 4.98 Å². The van der Waals surface area contributed by atoms with Gasteiger partial charge in [-0.15, -0.1) is 0 Å². The van der Waals surface area contributed by atoms with Crippen LogP contribution in [0.3, 0.4) is 0 Å². The zero-order chi connectivity index (χ0) is 6.69. The van der Waals surface area contributed by atoms with E-state index in [0.717, 1.165) is 5.69 Å². The molecule has 1 rings (SSSR count). The molecule has 1 N–H and O–H groups in total. The van der Waals surface area contributed by atoms with Crippen LogP contribution in [-0.4, -0.2) is 4.98 Å². The second-order valence-electron chi connectivity index (χ2n) is 1.91. The average Bonchev–Trinajstić information content (AvgIpc) is 2.18. The highest BCUT2D eigenvalue weighted by atomic mass is 14.7. The van der Waals surface area contributed by atoms with Crippen molar-refractivity contribution in [2.45, 2.75) is 13.8 Å². The first-order valence-corrected chi connectivity index (χ1v) is 2.91. The van der Waals surface area contributed by atoms with Gasteiger partial charge in [-0.1, -0.05) is 5.92 Å². The summed E-state index contributed by atoms with van der Waals surface area (Å²) in [5, 5.41) is 0. The summed E-state index contributed by atoms with van der Waals surface area (Å²) in [6.07, 6.45) is 1.90. The molecule has 0 saturated heterocycles. The number of aromatic amines is 1. The SMILES string of the molecule is CC#Cc1[nH]ccc1C. The van der Waals surface area contributed by atoms with Gasteiger partial charge in [0.05, 0.1) is 5.69 Å². The molecule has 0 amide bonds. The molecule has 0 radical (unpaired) electrons. The summed E-state index contributed by atoms with van der Waals surface area (Å²) >= 11 is 0. The van der Waals surface area contributed by atoms with E-state index < -0.39 is 0 Å². The minimum absolute atomic E-state index is 1.03. The molecule has 0 aliphatic rings. The standard InChI is InChI=1S/C8H9N/c1-3-4-8-7(2)5-6-9-8/h5-6,9H,1-2H3. The van der Waals surface area contributed by atoms with E-state index in [9.17, 15) is 0 Å². The van der Waals surface area contributed by atoms with Gasteiger partial charge in [0.2, 0.25) is 0 Å². The lowest BCUT2D eigenvalue weighted by Crippen LogP contribution is -1.74. The fraction of sp³-hybridized carbons (Fsp3) is 0.250. The van der Waals surface area contributed by atoms with Crippen LogP contribution in [0.5, 0.6) is 0 Å². The molecule has 0 atom stereocenters. The summed E-state index contributed by atoms with van der Waals surface area (Å²) in [5.74, 6) is 5.78. The Morgan fingerprint density at radius 1 is 1.56 bits per heavy atom. The summed E-state index contributed by atoms with van der Waals surface area (Å²) < 4.78 is 0. The molecular formula is C8H9N. The van der Waals surface area contributed by atoms with E-state index in [1.807, 2.05) is 26.1 Å². The van der Waals surface area contributed by atoms with Crippen molar-refractivity contribution in [2.24, 2.45) is 0 Å². The first kappa shape index (κ1) is 5.97. The van der Waals surface area contributed by atoms with Gasteiger partial charge >= 0.3 is 0 Å². The van der Waals surface area contributed by atoms with Crippen molar-refractivity contribution in [1.29, 1.82) is 0 Å². The molecule has 0 fully saturated rings. The van der Waals surface area contributed by atoms with E-state index in [4.69, 9.17) is 0 Å². The Kier molecular flexibility index (Phi) is 1.60. The predicted molar refractivity (Wildman–Crippen MR) is 38.1 cm³/mol. The molecule has 1 heterocycles. The topological polar surface area (TPSA) is 15.8 Å². The number of nitrogens with one attached hydrogen (secondary N) is 1. The largest absolute Gasteiger partial charge is 0.355 e. The maximum Gasteiger partial charge on any atom is 0.0922 e. The second-order valence-corrected chi connectivity index (χ2v) is 1.91. The lowest BCUT2D eigenvalue weighted by atomic mass is 10.3. The first-order valence-electron chi connectivity index (χ1n) is 2.91. The number of hydrogen-bond acceptors (Lipinski definition) is 0. The van der Waals surface area contributed by atoms with E-state index in [1.54, 1.807) is 0 Å². The molecule has 0 spiro atoms. The molecule has 0 aromatic carbocycles. The Morgan fingerprint density at radius 2 is 2.33 bits per heavy atom. The lowest BCUT2D eigenvalue weighted by Gasteiger charge is -1.82. The molecular weight excluding hydrogens is 110 g/mol. The highest BCUT2D eigenvalue weighted by Crippen LogP contribution is 2.00. The van der Waals surface area contributed by atoms with Gasteiger partial charge in [0.25, 0.3) is 0 Å². The van der Waals surface area contributed by atoms with Crippen molar-refractivity contribution in [1.82, 2.24) is 4.98 Å². The van der Waals surface area contributed by atoms with Crippen LogP contribution in [0.4, 0.5) is 0 Å².